The van der Waals surface area contributed by atoms with Crippen LogP contribution in [0.15, 0.2) is 30.3 Å². The first kappa shape index (κ1) is 15.8. The van der Waals surface area contributed by atoms with Crippen LogP contribution in [0.3, 0.4) is 0 Å². The van der Waals surface area contributed by atoms with E-state index in [1.165, 1.54) is 0 Å². The highest BCUT2D eigenvalue weighted by atomic mass is 16.1. The number of benzene rings is 1. The van der Waals surface area contributed by atoms with Gasteiger partial charge in [-0.25, -0.2) is 9.97 Å². The average Bonchev–Trinajstić information content (AvgIpc) is 3.03. The highest BCUT2D eigenvalue weighted by Crippen LogP contribution is 2.27. The number of carbonyl (C=O) groups is 1. The number of rotatable bonds is 4. The molecule has 1 N–H and O–H groups in total. The van der Waals surface area contributed by atoms with Crippen molar-refractivity contribution in [1.29, 1.82) is 0 Å². The van der Waals surface area contributed by atoms with Crippen molar-refractivity contribution in [3.05, 3.63) is 58.7 Å². The van der Waals surface area contributed by atoms with Gasteiger partial charge in [0.15, 0.2) is 5.78 Å². The monoisotopic (exact) mass is 309 g/mol. The number of ketones is 1. The van der Waals surface area contributed by atoms with E-state index >= 15 is 0 Å². The van der Waals surface area contributed by atoms with Gasteiger partial charge in [-0.1, -0.05) is 31.2 Å². The molecule has 2 aromatic rings. The molecule has 0 spiro atoms. The summed E-state index contributed by atoms with van der Waals surface area (Å²) in [6.45, 7) is 6.04. The maximum atomic E-state index is 12.8. The molecule has 23 heavy (non-hydrogen) atoms. The molecular formula is C19H23N3O. The van der Waals surface area contributed by atoms with Gasteiger partial charge in [-0.15, -0.1) is 0 Å². The standard InChI is InChI=1S/C19H23N3O/c1-4-14-7-5-6-8-15(14)18(23)16-9-10-17(22-16)19-20-12(2)11-13(3)21-19/h5-8,11,16-17,22H,4,9-10H2,1-3H3. The number of hydrogen-bond acceptors (Lipinski definition) is 4. The first-order valence-corrected chi connectivity index (χ1v) is 8.29. The Hall–Kier alpha value is -2.07. The fraction of sp³-hybridized carbons (Fsp3) is 0.421. The van der Waals surface area contributed by atoms with E-state index < -0.39 is 0 Å². The van der Waals surface area contributed by atoms with Crippen LogP contribution in [0.4, 0.5) is 0 Å². The minimum atomic E-state index is -0.142. The second-order valence-corrected chi connectivity index (χ2v) is 6.23. The summed E-state index contributed by atoms with van der Waals surface area (Å²) >= 11 is 0. The summed E-state index contributed by atoms with van der Waals surface area (Å²) in [6.07, 6.45) is 2.60. The molecule has 1 aromatic carbocycles. The Labute approximate surface area is 137 Å². The first-order chi connectivity index (χ1) is 11.1. The Balaban J connectivity index is 1.78. The molecule has 0 bridgehead atoms. The van der Waals surface area contributed by atoms with E-state index in [0.29, 0.717) is 0 Å². The summed E-state index contributed by atoms with van der Waals surface area (Å²) in [6, 6.07) is 9.79. The summed E-state index contributed by atoms with van der Waals surface area (Å²) < 4.78 is 0. The maximum absolute atomic E-state index is 12.8. The van der Waals surface area contributed by atoms with Gasteiger partial charge in [0.2, 0.25) is 0 Å². The average molecular weight is 309 g/mol. The number of aromatic nitrogens is 2. The predicted octanol–water partition coefficient (Wildman–Crippen LogP) is 3.33. The third-order valence-corrected chi connectivity index (χ3v) is 4.44. The van der Waals surface area contributed by atoms with E-state index in [1.54, 1.807) is 0 Å². The molecule has 0 amide bonds. The Morgan fingerprint density at radius 3 is 2.57 bits per heavy atom. The Bertz CT molecular complexity index is 706. The predicted molar refractivity (Wildman–Crippen MR) is 90.6 cm³/mol. The van der Waals surface area contributed by atoms with Crippen molar-refractivity contribution in [2.45, 2.75) is 52.1 Å². The van der Waals surface area contributed by atoms with E-state index in [1.807, 2.05) is 44.2 Å². The van der Waals surface area contributed by atoms with E-state index in [9.17, 15) is 4.79 Å². The lowest BCUT2D eigenvalue weighted by molar-refractivity contribution is 0.0949. The van der Waals surface area contributed by atoms with Crippen molar-refractivity contribution in [2.24, 2.45) is 0 Å². The van der Waals surface area contributed by atoms with Crippen molar-refractivity contribution in [3.8, 4) is 0 Å². The van der Waals surface area contributed by atoms with Crippen LogP contribution in [0, 0.1) is 13.8 Å². The molecule has 1 aliphatic rings. The third kappa shape index (κ3) is 3.32. The molecule has 2 atom stereocenters. The van der Waals surface area contributed by atoms with Crippen LogP contribution in [0.5, 0.6) is 0 Å². The molecule has 4 nitrogen and oxygen atoms in total. The van der Waals surface area contributed by atoms with Crippen molar-refractivity contribution in [2.75, 3.05) is 0 Å². The van der Waals surface area contributed by atoms with Gasteiger partial charge >= 0.3 is 0 Å². The zero-order valence-electron chi connectivity index (χ0n) is 14.0. The van der Waals surface area contributed by atoms with Gasteiger partial charge in [0.25, 0.3) is 0 Å². The first-order valence-electron chi connectivity index (χ1n) is 8.29. The maximum Gasteiger partial charge on any atom is 0.180 e. The van der Waals surface area contributed by atoms with Crippen molar-refractivity contribution in [1.82, 2.24) is 15.3 Å². The molecule has 2 heterocycles. The molecule has 0 aliphatic carbocycles. The van der Waals surface area contributed by atoms with Crippen LogP contribution in [0.1, 0.15) is 58.9 Å². The second-order valence-electron chi connectivity index (χ2n) is 6.23. The normalized spacial score (nSPS) is 20.7. The topological polar surface area (TPSA) is 54.9 Å². The van der Waals surface area contributed by atoms with E-state index in [-0.39, 0.29) is 17.9 Å². The molecule has 1 aliphatic heterocycles. The lowest BCUT2D eigenvalue weighted by Crippen LogP contribution is -2.33. The fourth-order valence-corrected chi connectivity index (χ4v) is 3.32. The van der Waals surface area contributed by atoms with Crippen molar-refractivity contribution in [3.63, 3.8) is 0 Å². The molecule has 0 saturated carbocycles. The molecule has 0 radical (unpaired) electrons. The van der Waals surface area contributed by atoms with Gasteiger partial charge in [0, 0.05) is 17.0 Å². The molecule has 1 saturated heterocycles. The number of carbonyl (C=O) groups excluding carboxylic acids is 1. The van der Waals surface area contributed by atoms with Crippen LogP contribution in [-0.2, 0) is 6.42 Å². The van der Waals surface area contributed by atoms with Gasteiger partial charge < -0.3 is 0 Å². The molecule has 3 rings (SSSR count). The summed E-state index contributed by atoms with van der Waals surface area (Å²) in [7, 11) is 0. The summed E-state index contributed by atoms with van der Waals surface area (Å²) in [5, 5.41) is 3.44. The highest BCUT2D eigenvalue weighted by molar-refractivity contribution is 6.01. The van der Waals surface area contributed by atoms with Gasteiger partial charge in [-0.2, -0.15) is 0 Å². The number of Topliss-reactive ketones (excluding diaryl/α,β-unsaturated/α-hetero) is 1. The van der Waals surface area contributed by atoms with Gasteiger partial charge in [-0.05, 0) is 44.7 Å². The lowest BCUT2D eigenvalue weighted by Gasteiger charge is -2.15. The quantitative estimate of drug-likeness (QED) is 0.880. The molecule has 120 valence electrons. The van der Waals surface area contributed by atoms with Crippen LogP contribution >= 0.6 is 0 Å². The zero-order chi connectivity index (χ0) is 16.4. The van der Waals surface area contributed by atoms with Gasteiger partial charge in [0.1, 0.15) is 5.82 Å². The minimum absolute atomic E-state index is 0.0661. The van der Waals surface area contributed by atoms with Crippen LogP contribution < -0.4 is 5.32 Å². The zero-order valence-corrected chi connectivity index (χ0v) is 14.0. The largest absolute Gasteiger partial charge is 0.297 e. The van der Waals surface area contributed by atoms with E-state index in [2.05, 4.69) is 22.2 Å². The van der Waals surface area contributed by atoms with E-state index in [4.69, 9.17) is 0 Å². The number of nitrogens with zero attached hydrogens (tertiary/aromatic N) is 2. The Morgan fingerprint density at radius 2 is 1.87 bits per heavy atom. The summed E-state index contributed by atoms with van der Waals surface area (Å²) in [5.74, 6) is 0.996. The van der Waals surface area contributed by atoms with Gasteiger partial charge in [0.05, 0.1) is 12.1 Å². The minimum Gasteiger partial charge on any atom is -0.297 e. The lowest BCUT2D eigenvalue weighted by atomic mass is 9.96. The fourth-order valence-electron chi connectivity index (χ4n) is 3.32. The second kappa shape index (κ2) is 6.59. The smallest absolute Gasteiger partial charge is 0.180 e. The molecule has 2 unspecified atom stereocenters. The number of hydrogen-bond donors (Lipinski definition) is 1. The molecule has 1 fully saturated rings. The van der Waals surface area contributed by atoms with Crippen LogP contribution in [0.2, 0.25) is 0 Å². The summed E-state index contributed by atoms with van der Waals surface area (Å²) in [4.78, 5) is 21.9. The summed E-state index contributed by atoms with van der Waals surface area (Å²) in [5.41, 5.74) is 3.90. The van der Waals surface area contributed by atoms with Gasteiger partial charge in [-0.3, -0.25) is 10.1 Å². The Kier molecular flexibility index (Phi) is 4.53. The molecule has 4 heteroatoms. The molecular weight excluding hydrogens is 286 g/mol. The third-order valence-electron chi connectivity index (χ3n) is 4.44. The van der Waals surface area contributed by atoms with E-state index in [0.717, 1.165) is 47.6 Å². The van der Waals surface area contributed by atoms with Crippen LogP contribution in [-0.4, -0.2) is 21.8 Å². The SMILES string of the molecule is CCc1ccccc1C(=O)C1CCC(c2nc(C)cc(C)n2)N1. The van der Waals surface area contributed by atoms with Crippen molar-refractivity contribution >= 4 is 5.78 Å². The Morgan fingerprint density at radius 1 is 1.17 bits per heavy atom. The van der Waals surface area contributed by atoms with Crippen LogP contribution in [0.25, 0.3) is 0 Å². The van der Waals surface area contributed by atoms with Crippen molar-refractivity contribution < 1.29 is 4.79 Å². The number of aryl methyl sites for hydroxylation is 3. The molecule has 1 aromatic heterocycles. The highest BCUT2D eigenvalue weighted by Gasteiger charge is 2.32. The number of nitrogens with one attached hydrogen (secondary N) is 1.